The fourth-order valence-electron chi connectivity index (χ4n) is 4.10. The first kappa shape index (κ1) is 21.8. The minimum absolute atomic E-state index is 0.233. The number of aryl methyl sites for hydroxylation is 3. The number of anilines is 1. The molecule has 0 bridgehead atoms. The fourth-order valence-corrected chi connectivity index (χ4v) is 5.14. The van der Waals surface area contributed by atoms with E-state index in [0.717, 1.165) is 11.3 Å². The van der Waals surface area contributed by atoms with Crippen LogP contribution in [0.25, 0.3) is 6.08 Å². The number of nitrogens with zero attached hydrogens (tertiary/aromatic N) is 4. The summed E-state index contributed by atoms with van der Waals surface area (Å²) in [6.45, 7) is 5.51. The number of hydrogen-bond acceptors (Lipinski definition) is 6. The second kappa shape index (κ2) is 8.42. The number of furan rings is 1. The Bertz CT molecular complexity index is 1620. The molecule has 1 N–H and O–H groups in total. The van der Waals surface area contributed by atoms with Crippen LogP contribution in [-0.4, -0.2) is 20.3 Å². The van der Waals surface area contributed by atoms with Crippen molar-refractivity contribution < 1.29 is 9.21 Å². The third kappa shape index (κ3) is 3.84. The smallest absolute Gasteiger partial charge is 0.271 e. The summed E-state index contributed by atoms with van der Waals surface area (Å²) in [5.74, 6) is 0.875. The van der Waals surface area contributed by atoms with Crippen LogP contribution in [-0.2, 0) is 11.8 Å². The van der Waals surface area contributed by atoms with E-state index in [1.165, 1.54) is 11.3 Å². The molecule has 0 aliphatic carbocycles. The maximum absolute atomic E-state index is 13.6. The molecule has 0 radical (unpaired) electrons. The molecule has 0 saturated heterocycles. The molecule has 8 nitrogen and oxygen atoms in total. The van der Waals surface area contributed by atoms with Crippen molar-refractivity contribution in [3.05, 3.63) is 102 Å². The van der Waals surface area contributed by atoms with Gasteiger partial charge in [0, 0.05) is 24.5 Å². The van der Waals surface area contributed by atoms with E-state index in [0.29, 0.717) is 37.8 Å². The van der Waals surface area contributed by atoms with Gasteiger partial charge in [0.15, 0.2) is 4.80 Å². The number of nitrogens with one attached hydrogen (secondary N) is 1. The summed E-state index contributed by atoms with van der Waals surface area (Å²) in [7, 11) is 1.84. The second-order valence-electron chi connectivity index (χ2n) is 8.19. The van der Waals surface area contributed by atoms with E-state index in [2.05, 4.69) is 15.4 Å². The molecule has 0 saturated carbocycles. The topological polar surface area (TPSA) is 94.4 Å². The Morgan fingerprint density at radius 2 is 1.91 bits per heavy atom. The van der Waals surface area contributed by atoms with Crippen LogP contribution in [0.2, 0.25) is 0 Å². The number of allylic oxidation sites excluding steroid dienone is 1. The third-order valence-electron chi connectivity index (χ3n) is 5.67. The van der Waals surface area contributed by atoms with Crippen LogP contribution in [0.15, 0.2) is 74.1 Å². The first-order valence-corrected chi connectivity index (χ1v) is 11.6. The van der Waals surface area contributed by atoms with E-state index in [9.17, 15) is 9.59 Å². The van der Waals surface area contributed by atoms with Crippen molar-refractivity contribution in [2.75, 3.05) is 5.32 Å². The van der Waals surface area contributed by atoms with Gasteiger partial charge in [0.2, 0.25) is 0 Å². The van der Waals surface area contributed by atoms with Crippen LogP contribution in [0.3, 0.4) is 0 Å². The van der Waals surface area contributed by atoms with Crippen molar-refractivity contribution in [1.29, 1.82) is 0 Å². The minimum Gasteiger partial charge on any atom is -0.464 e. The molecule has 3 aromatic heterocycles. The van der Waals surface area contributed by atoms with Gasteiger partial charge in [-0.15, -0.1) is 0 Å². The first-order valence-electron chi connectivity index (χ1n) is 10.8. The molecule has 172 valence electrons. The monoisotopic (exact) mass is 473 g/mol. The summed E-state index contributed by atoms with van der Waals surface area (Å²) in [5.41, 5.74) is 3.02. The average Bonchev–Trinajstić information content (AvgIpc) is 3.45. The van der Waals surface area contributed by atoms with Crippen molar-refractivity contribution in [1.82, 2.24) is 14.3 Å². The van der Waals surface area contributed by atoms with Crippen molar-refractivity contribution >= 4 is 29.0 Å². The molecule has 0 fully saturated rings. The Kier molecular flexibility index (Phi) is 5.41. The zero-order chi connectivity index (χ0) is 24.0. The van der Waals surface area contributed by atoms with Gasteiger partial charge in [-0.05, 0) is 51.1 Å². The van der Waals surface area contributed by atoms with E-state index in [4.69, 9.17) is 4.42 Å². The molecule has 34 heavy (non-hydrogen) atoms. The van der Waals surface area contributed by atoms with Crippen LogP contribution in [0.1, 0.15) is 35.7 Å². The normalized spacial score (nSPS) is 15.9. The molecule has 0 spiro atoms. The number of para-hydroxylation sites is 1. The number of rotatable bonds is 4. The maximum atomic E-state index is 13.6. The number of benzene rings is 1. The summed E-state index contributed by atoms with van der Waals surface area (Å²) in [6, 6.07) is 12.1. The molecule has 4 heterocycles. The van der Waals surface area contributed by atoms with Gasteiger partial charge in [-0.2, -0.15) is 5.10 Å². The molecular weight excluding hydrogens is 450 g/mol. The second-order valence-corrected chi connectivity index (χ2v) is 9.20. The molecule has 1 aliphatic heterocycles. The Morgan fingerprint density at radius 1 is 1.15 bits per heavy atom. The minimum atomic E-state index is -0.731. The van der Waals surface area contributed by atoms with E-state index in [1.807, 2.05) is 69.6 Å². The Hall–Kier alpha value is -3.98. The zero-order valence-corrected chi connectivity index (χ0v) is 20.0. The summed E-state index contributed by atoms with van der Waals surface area (Å²) in [6.07, 6.45) is 3.69. The molecule has 4 aromatic rings. The Balaban J connectivity index is 1.68. The highest BCUT2D eigenvalue weighted by Crippen LogP contribution is 2.31. The predicted molar refractivity (Wildman–Crippen MR) is 130 cm³/mol. The van der Waals surface area contributed by atoms with Gasteiger partial charge in [-0.3, -0.25) is 18.8 Å². The van der Waals surface area contributed by atoms with Crippen molar-refractivity contribution in [3.63, 3.8) is 0 Å². The van der Waals surface area contributed by atoms with Gasteiger partial charge < -0.3 is 9.73 Å². The highest BCUT2D eigenvalue weighted by molar-refractivity contribution is 7.07. The number of fused-ring (bicyclic) bond motifs is 1. The molecule has 1 amide bonds. The highest BCUT2D eigenvalue weighted by atomic mass is 32.1. The first-order chi connectivity index (χ1) is 16.3. The van der Waals surface area contributed by atoms with Gasteiger partial charge >= 0.3 is 0 Å². The highest BCUT2D eigenvalue weighted by Gasteiger charge is 2.34. The molecule has 5 rings (SSSR count). The van der Waals surface area contributed by atoms with Crippen LogP contribution in [0, 0.1) is 13.8 Å². The zero-order valence-electron chi connectivity index (χ0n) is 19.2. The number of carbonyl (C=O) groups is 1. The van der Waals surface area contributed by atoms with Crippen molar-refractivity contribution in [2.24, 2.45) is 12.0 Å². The van der Waals surface area contributed by atoms with E-state index in [1.54, 1.807) is 22.2 Å². The molecule has 1 aromatic carbocycles. The van der Waals surface area contributed by atoms with Crippen LogP contribution in [0.4, 0.5) is 5.69 Å². The quantitative estimate of drug-likeness (QED) is 0.493. The average molecular weight is 474 g/mol. The molecule has 1 atom stereocenters. The number of hydrogen-bond donors (Lipinski definition) is 1. The van der Waals surface area contributed by atoms with Gasteiger partial charge in [0.25, 0.3) is 11.5 Å². The van der Waals surface area contributed by atoms with Gasteiger partial charge in [-0.1, -0.05) is 29.5 Å². The van der Waals surface area contributed by atoms with E-state index in [-0.39, 0.29) is 11.5 Å². The number of amides is 1. The lowest BCUT2D eigenvalue weighted by atomic mass is 10.00. The maximum Gasteiger partial charge on any atom is 0.271 e. The van der Waals surface area contributed by atoms with Crippen LogP contribution >= 0.6 is 11.3 Å². The predicted octanol–water partition coefficient (Wildman–Crippen LogP) is 2.82. The lowest BCUT2D eigenvalue weighted by molar-refractivity contribution is -0.113. The van der Waals surface area contributed by atoms with E-state index >= 15 is 0 Å². The molecule has 1 aliphatic rings. The van der Waals surface area contributed by atoms with Gasteiger partial charge in [-0.25, -0.2) is 4.99 Å². The summed E-state index contributed by atoms with van der Waals surface area (Å²) in [5, 5.41) is 7.28. The molecule has 9 heteroatoms. The molecular formula is C25H23N5O3S. The van der Waals surface area contributed by atoms with Crippen LogP contribution in [0.5, 0.6) is 0 Å². The lowest BCUT2D eigenvalue weighted by Gasteiger charge is -2.23. The van der Waals surface area contributed by atoms with E-state index < -0.39 is 6.04 Å². The van der Waals surface area contributed by atoms with Crippen molar-refractivity contribution in [3.8, 4) is 0 Å². The van der Waals surface area contributed by atoms with Gasteiger partial charge in [0.1, 0.15) is 17.6 Å². The number of thiazole rings is 1. The fraction of sp³-hybridized carbons (Fsp3) is 0.200. The lowest BCUT2D eigenvalue weighted by Crippen LogP contribution is -2.40. The van der Waals surface area contributed by atoms with Crippen LogP contribution < -0.4 is 20.2 Å². The Labute approximate surface area is 199 Å². The Morgan fingerprint density at radius 3 is 2.56 bits per heavy atom. The third-order valence-corrected chi connectivity index (χ3v) is 6.65. The molecule has 0 unspecified atom stereocenters. The standard InChI is InChI=1S/C25H23N5O3S/c1-14-10-11-19(33-14)22-21(23(31)27-18-8-6-5-7-9-18)16(3)26-25-30(22)24(32)20(34-25)12-17-13-29(4)28-15(17)2/h5-13,22H,1-4H3,(H,27,31)/b20-12+/t22-/m1/s1. The summed E-state index contributed by atoms with van der Waals surface area (Å²) >= 11 is 1.29. The summed E-state index contributed by atoms with van der Waals surface area (Å²) in [4.78, 5) is 32.2. The summed E-state index contributed by atoms with van der Waals surface area (Å²) < 4.78 is 9.70. The SMILES string of the molecule is CC1=C(C(=O)Nc2ccccc2)[C@@H](c2ccc(C)o2)n2c(s/c(=C/c3cn(C)nc3C)c2=O)=N1. The largest absolute Gasteiger partial charge is 0.464 e. The van der Waals surface area contributed by atoms with Crippen molar-refractivity contribution in [2.45, 2.75) is 26.8 Å². The number of aromatic nitrogens is 3. The number of carbonyl (C=O) groups excluding carboxylic acids is 1. The van der Waals surface area contributed by atoms with Gasteiger partial charge in [0.05, 0.1) is 21.5 Å².